The number of nitrogens with zero attached hydrogens (tertiary/aromatic N) is 6. The smallest absolute Gasteiger partial charge is 0.231 e. The Labute approximate surface area is 229 Å². The lowest BCUT2D eigenvalue weighted by Crippen LogP contribution is -2.38. The van der Waals surface area contributed by atoms with Crippen molar-refractivity contribution in [2.45, 2.75) is 38.0 Å². The monoisotopic (exact) mass is 559 g/mol. The summed E-state index contributed by atoms with van der Waals surface area (Å²) < 4.78 is 54.6. The molecule has 0 saturated heterocycles. The van der Waals surface area contributed by atoms with E-state index in [0.29, 0.717) is 17.1 Å². The fourth-order valence-electron chi connectivity index (χ4n) is 6.42. The molecule has 2 bridgehead atoms. The van der Waals surface area contributed by atoms with Crippen LogP contribution in [0.25, 0.3) is 22.6 Å². The van der Waals surface area contributed by atoms with Gasteiger partial charge in [0.05, 0.1) is 39.9 Å². The maximum Gasteiger partial charge on any atom is 0.231 e. The number of hydrogen-bond donors (Lipinski definition) is 1. The standard InChI is InChI=1S/C28H23F2N7O2S/c1-27(2)18-7-9-28(27,24-17(18)12-21(35-36-24)23-19(29)5-4-6-20(23)30)22-8-10-32-25(34-22)16-11-15(13-31)26(33-14-16)37-40(3,38)39/h4-6,8,10-12,14,18H,7,9H2,1-3H3,(H,33,37)/t18-,28-/m0/s1. The third-order valence-electron chi connectivity index (χ3n) is 8.24. The number of rotatable bonds is 5. The third kappa shape index (κ3) is 3.76. The van der Waals surface area contributed by atoms with Crippen molar-refractivity contribution in [2.24, 2.45) is 5.41 Å². The molecule has 1 N–H and O–H groups in total. The van der Waals surface area contributed by atoms with Crippen molar-refractivity contribution in [3.63, 3.8) is 0 Å². The molecular weight excluding hydrogens is 536 g/mol. The molecule has 2 aliphatic carbocycles. The lowest BCUT2D eigenvalue weighted by molar-refractivity contribution is 0.243. The van der Waals surface area contributed by atoms with Gasteiger partial charge < -0.3 is 0 Å². The Hall–Kier alpha value is -4.37. The van der Waals surface area contributed by atoms with Gasteiger partial charge in [0, 0.05) is 18.0 Å². The van der Waals surface area contributed by atoms with E-state index in [-0.39, 0.29) is 34.0 Å². The molecule has 0 radical (unpaired) electrons. The summed E-state index contributed by atoms with van der Waals surface area (Å²) in [5, 5.41) is 18.4. The lowest BCUT2D eigenvalue weighted by Gasteiger charge is -2.37. The molecular formula is C28H23F2N7O2S. The molecule has 4 aromatic rings. The van der Waals surface area contributed by atoms with Crippen LogP contribution in [-0.4, -0.2) is 39.8 Å². The predicted octanol–water partition coefficient (Wildman–Crippen LogP) is 4.72. The fourth-order valence-corrected chi connectivity index (χ4v) is 6.94. The molecule has 9 nitrogen and oxygen atoms in total. The third-order valence-corrected chi connectivity index (χ3v) is 8.81. The summed E-state index contributed by atoms with van der Waals surface area (Å²) in [7, 11) is -3.63. The van der Waals surface area contributed by atoms with Crippen molar-refractivity contribution in [2.75, 3.05) is 11.0 Å². The quantitative estimate of drug-likeness (QED) is 0.371. The Morgan fingerprint density at radius 1 is 1.10 bits per heavy atom. The largest absolute Gasteiger partial charge is 0.266 e. The summed E-state index contributed by atoms with van der Waals surface area (Å²) in [6, 6.07) is 10.7. The van der Waals surface area contributed by atoms with Crippen LogP contribution < -0.4 is 4.72 Å². The van der Waals surface area contributed by atoms with Gasteiger partial charge in [-0.05, 0) is 60.1 Å². The number of halogens is 2. The molecule has 1 fully saturated rings. The number of aromatic nitrogens is 5. The van der Waals surface area contributed by atoms with E-state index in [9.17, 15) is 22.5 Å². The summed E-state index contributed by atoms with van der Waals surface area (Å²) >= 11 is 0. The molecule has 0 amide bonds. The van der Waals surface area contributed by atoms with E-state index in [1.165, 1.54) is 30.5 Å². The Morgan fingerprint density at radius 2 is 1.85 bits per heavy atom. The second kappa shape index (κ2) is 8.82. The fraction of sp³-hybridized carbons (Fsp3) is 0.286. The van der Waals surface area contributed by atoms with Crippen molar-refractivity contribution in [1.29, 1.82) is 5.26 Å². The zero-order valence-electron chi connectivity index (χ0n) is 21.8. The average molecular weight is 560 g/mol. The molecule has 2 atom stereocenters. The van der Waals surface area contributed by atoms with Gasteiger partial charge in [-0.3, -0.25) is 4.72 Å². The Kier molecular flexibility index (Phi) is 5.71. The molecule has 3 aromatic heterocycles. The van der Waals surface area contributed by atoms with Gasteiger partial charge in [0.2, 0.25) is 10.0 Å². The van der Waals surface area contributed by atoms with Gasteiger partial charge in [0.15, 0.2) is 11.6 Å². The van der Waals surface area contributed by atoms with Gasteiger partial charge in [-0.15, -0.1) is 5.10 Å². The Morgan fingerprint density at radius 3 is 2.55 bits per heavy atom. The topological polar surface area (TPSA) is 134 Å². The molecule has 12 heteroatoms. The number of anilines is 1. The maximum atomic E-state index is 14.6. The number of nitrogens with one attached hydrogen (secondary N) is 1. The molecule has 1 saturated carbocycles. The van der Waals surface area contributed by atoms with Crippen LogP contribution in [0.4, 0.5) is 14.6 Å². The average Bonchev–Trinajstić information content (AvgIpc) is 3.29. The second-order valence-electron chi connectivity index (χ2n) is 10.7. The first-order chi connectivity index (χ1) is 19.0. The van der Waals surface area contributed by atoms with E-state index in [1.54, 1.807) is 12.3 Å². The van der Waals surface area contributed by atoms with Crippen LogP contribution in [0, 0.1) is 28.4 Å². The minimum atomic E-state index is -3.63. The first-order valence-electron chi connectivity index (χ1n) is 12.5. The second-order valence-corrected chi connectivity index (χ2v) is 12.5. The normalized spacial score (nSPS) is 20.6. The summed E-state index contributed by atoms with van der Waals surface area (Å²) in [5.41, 5.74) is 1.77. The van der Waals surface area contributed by atoms with Crippen LogP contribution in [0.15, 0.2) is 48.8 Å². The van der Waals surface area contributed by atoms with Gasteiger partial charge in [-0.25, -0.2) is 32.2 Å². The van der Waals surface area contributed by atoms with E-state index >= 15 is 0 Å². The summed E-state index contributed by atoms with van der Waals surface area (Å²) in [6.45, 7) is 4.27. The van der Waals surface area contributed by atoms with Gasteiger partial charge in [0.1, 0.15) is 17.7 Å². The highest BCUT2D eigenvalue weighted by Crippen LogP contribution is 2.69. The summed E-state index contributed by atoms with van der Waals surface area (Å²) in [4.78, 5) is 13.4. The summed E-state index contributed by atoms with van der Waals surface area (Å²) in [6.07, 6.45) is 5.58. The van der Waals surface area contributed by atoms with E-state index in [0.717, 1.165) is 30.4 Å². The van der Waals surface area contributed by atoms with Crippen LogP contribution in [0.2, 0.25) is 0 Å². The Balaban J connectivity index is 1.46. The van der Waals surface area contributed by atoms with Crippen LogP contribution in [-0.2, 0) is 15.4 Å². The molecule has 1 aromatic carbocycles. The first-order valence-corrected chi connectivity index (χ1v) is 14.4. The van der Waals surface area contributed by atoms with Crippen LogP contribution in [0.3, 0.4) is 0 Å². The number of benzene rings is 1. The van der Waals surface area contributed by atoms with Crippen molar-refractivity contribution < 1.29 is 17.2 Å². The molecule has 2 aliphatic rings. The molecule has 6 rings (SSSR count). The number of fused-ring (bicyclic) bond motifs is 5. The van der Waals surface area contributed by atoms with Crippen molar-refractivity contribution in [1.82, 2.24) is 25.1 Å². The van der Waals surface area contributed by atoms with Crippen molar-refractivity contribution in [3.05, 3.63) is 82.9 Å². The van der Waals surface area contributed by atoms with Gasteiger partial charge in [0.25, 0.3) is 0 Å². The zero-order valence-corrected chi connectivity index (χ0v) is 22.6. The van der Waals surface area contributed by atoms with Crippen molar-refractivity contribution >= 4 is 15.8 Å². The molecule has 0 spiro atoms. The number of sulfonamides is 1. The molecule has 202 valence electrons. The minimum absolute atomic E-state index is 0.0290. The highest BCUT2D eigenvalue weighted by Gasteiger charge is 2.65. The Bertz CT molecular complexity index is 1840. The SMILES string of the molecule is CC1(C)[C@H]2CC[C@]1(c1ccnc(-c3cnc(NS(C)(=O)=O)c(C#N)c3)n1)c1nnc(-c3c(F)cccc3F)cc12. The van der Waals surface area contributed by atoms with E-state index in [4.69, 9.17) is 4.98 Å². The predicted molar refractivity (Wildman–Crippen MR) is 142 cm³/mol. The summed E-state index contributed by atoms with van der Waals surface area (Å²) in [5.74, 6) is -1.10. The van der Waals surface area contributed by atoms with E-state index in [1.807, 2.05) is 12.1 Å². The van der Waals surface area contributed by atoms with Crippen molar-refractivity contribution in [3.8, 4) is 28.7 Å². The first kappa shape index (κ1) is 25.9. The highest BCUT2D eigenvalue weighted by molar-refractivity contribution is 7.92. The van der Waals surface area contributed by atoms with Crippen LogP contribution in [0.1, 0.15) is 55.1 Å². The van der Waals surface area contributed by atoms with E-state index in [2.05, 4.69) is 38.7 Å². The van der Waals surface area contributed by atoms with Crippen LogP contribution >= 0.6 is 0 Å². The molecule has 40 heavy (non-hydrogen) atoms. The van der Waals surface area contributed by atoms with Gasteiger partial charge >= 0.3 is 0 Å². The number of hydrogen-bond acceptors (Lipinski definition) is 8. The molecule has 0 aliphatic heterocycles. The van der Waals surface area contributed by atoms with Gasteiger partial charge in [-0.1, -0.05) is 19.9 Å². The molecule has 3 heterocycles. The van der Waals surface area contributed by atoms with Gasteiger partial charge in [-0.2, -0.15) is 10.4 Å². The molecule has 0 unspecified atom stereocenters. The maximum absolute atomic E-state index is 14.6. The number of pyridine rings is 1. The highest BCUT2D eigenvalue weighted by atomic mass is 32.2. The number of nitriles is 1. The lowest BCUT2D eigenvalue weighted by atomic mass is 9.66. The minimum Gasteiger partial charge on any atom is -0.266 e. The van der Waals surface area contributed by atoms with E-state index < -0.39 is 27.1 Å². The zero-order chi connectivity index (χ0) is 28.4. The van der Waals surface area contributed by atoms with Crippen LogP contribution in [0.5, 0.6) is 0 Å².